The highest BCUT2D eigenvalue weighted by Crippen LogP contribution is 2.34. The first-order valence-electron chi connectivity index (χ1n) is 7.49. The van der Waals surface area contributed by atoms with Crippen molar-refractivity contribution < 1.29 is 23.2 Å². The number of carbonyl (C=O) groups excluding carboxylic acids is 3. The minimum Gasteiger partial charge on any atom is -0.326 e. The number of pyridine rings is 1. The van der Waals surface area contributed by atoms with Crippen molar-refractivity contribution in [3.8, 4) is 0 Å². The summed E-state index contributed by atoms with van der Waals surface area (Å²) in [6.07, 6.45) is 2.69. The maximum atomic E-state index is 14.6. The van der Waals surface area contributed by atoms with Gasteiger partial charge in [0.15, 0.2) is 0 Å². The van der Waals surface area contributed by atoms with Crippen molar-refractivity contribution in [3.63, 3.8) is 0 Å². The molecular formula is C17H16F2N4O3. The number of halogens is 2. The number of nitrogens with zero attached hydrogens (tertiary/aromatic N) is 1. The van der Waals surface area contributed by atoms with Gasteiger partial charge in [-0.05, 0) is 31.2 Å². The minimum absolute atomic E-state index is 0.137. The normalized spacial score (nSPS) is 10.8. The van der Waals surface area contributed by atoms with Crippen LogP contribution >= 0.6 is 0 Å². The highest BCUT2D eigenvalue weighted by molar-refractivity contribution is 5.97. The van der Waals surface area contributed by atoms with Crippen LogP contribution < -0.4 is 16.2 Å². The molecule has 0 aliphatic rings. The molecule has 1 aromatic carbocycles. The van der Waals surface area contributed by atoms with E-state index in [2.05, 4.69) is 10.3 Å². The molecule has 26 heavy (non-hydrogen) atoms. The summed E-state index contributed by atoms with van der Waals surface area (Å²) in [5.41, 5.74) is 3.36. The van der Waals surface area contributed by atoms with E-state index in [1.54, 1.807) is 12.3 Å². The minimum atomic E-state index is -3.99. The first-order chi connectivity index (χ1) is 12.2. The van der Waals surface area contributed by atoms with Gasteiger partial charge in [-0.15, -0.1) is 0 Å². The zero-order valence-corrected chi connectivity index (χ0v) is 14.0. The van der Waals surface area contributed by atoms with Crippen LogP contribution in [0.25, 0.3) is 0 Å². The van der Waals surface area contributed by atoms with E-state index in [9.17, 15) is 23.2 Å². The number of aryl methyl sites for hydroxylation is 1. The molecule has 0 radical (unpaired) electrons. The molecule has 0 aliphatic carbocycles. The van der Waals surface area contributed by atoms with Gasteiger partial charge in [0.25, 0.3) is 5.91 Å². The quantitative estimate of drug-likeness (QED) is 0.723. The Morgan fingerprint density at radius 1 is 1.04 bits per heavy atom. The van der Waals surface area contributed by atoms with Gasteiger partial charge in [-0.2, -0.15) is 8.78 Å². The van der Waals surface area contributed by atoms with Gasteiger partial charge >= 0.3 is 11.8 Å². The molecule has 136 valence electrons. The summed E-state index contributed by atoms with van der Waals surface area (Å²) >= 11 is 0. The van der Waals surface area contributed by atoms with Gasteiger partial charge in [0.1, 0.15) is 0 Å². The third-order valence-corrected chi connectivity index (χ3v) is 3.34. The fourth-order valence-corrected chi connectivity index (χ4v) is 2.11. The Bertz CT molecular complexity index is 841. The number of hydrogen-bond donors (Lipinski definition) is 3. The number of aromatic nitrogens is 1. The molecular weight excluding hydrogens is 346 g/mol. The molecule has 0 fully saturated rings. The highest BCUT2D eigenvalue weighted by atomic mass is 19.3. The Hall–Kier alpha value is -3.36. The molecule has 2 aromatic rings. The molecule has 3 N–H and O–H groups in total. The Kier molecular flexibility index (Phi) is 5.61. The number of anilines is 1. The van der Waals surface area contributed by atoms with Crippen molar-refractivity contribution in [3.05, 3.63) is 59.4 Å². The van der Waals surface area contributed by atoms with Crippen LogP contribution in [0.15, 0.2) is 42.7 Å². The molecule has 0 bridgehead atoms. The Balaban J connectivity index is 2.18. The Labute approximate surface area is 147 Å². The lowest BCUT2D eigenvalue weighted by atomic mass is 10.0. The summed E-state index contributed by atoms with van der Waals surface area (Å²) in [5, 5.41) is 2.26. The molecule has 7 nitrogen and oxygen atoms in total. The second-order valence-electron chi connectivity index (χ2n) is 5.45. The smallest absolute Gasteiger partial charge is 0.326 e. The van der Waals surface area contributed by atoms with E-state index in [1.165, 1.54) is 36.7 Å². The van der Waals surface area contributed by atoms with Crippen LogP contribution in [0.1, 0.15) is 28.4 Å². The highest BCUT2D eigenvalue weighted by Gasteiger charge is 2.43. The van der Waals surface area contributed by atoms with Gasteiger partial charge in [-0.1, -0.05) is 11.6 Å². The van der Waals surface area contributed by atoms with E-state index >= 15 is 0 Å². The zero-order chi connectivity index (χ0) is 19.3. The number of alkyl halides is 2. The molecule has 3 amide bonds. The van der Waals surface area contributed by atoms with E-state index in [4.69, 9.17) is 0 Å². The average molecular weight is 362 g/mol. The lowest BCUT2D eigenvalue weighted by Gasteiger charge is -2.20. The molecule has 9 heteroatoms. The number of amides is 3. The van der Waals surface area contributed by atoms with Crippen LogP contribution in [0.3, 0.4) is 0 Å². The SMILES string of the molecule is CC(=O)Nc1ccc(C)cc1C(F)(F)C(=O)NNC(=O)c1ccncc1. The number of nitrogens with one attached hydrogen (secondary N) is 3. The fourth-order valence-electron chi connectivity index (χ4n) is 2.11. The van der Waals surface area contributed by atoms with Crippen LogP contribution in [0, 0.1) is 6.92 Å². The second-order valence-corrected chi connectivity index (χ2v) is 5.45. The molecule has 0 spiro atoms. The Morgan fingerprint density at radius 2 is 1.69 bits per heavy atom. The van der Waals surface area contributed by atoms with Gasteiger partial charge in [0.05, 0.1) is 11.3 Å². The average Bonchev–Trinajstić information content (AvgIpc) is 2.61. The van der Waals surface area contributed by atoms with Gasteiger partial charge in [-0.25, -0.2) is 0 Å². The van der Waals surface area contributed by atoms with Crippen LogP contribution in [-0.4, -0.2) is 22.7 Å². The van der Waals surface area contributed by atoms with Gasteiger partial charge in [0.2, 0.25) is 5.91 Å². The number of carbonyl (C=O) groups is 3. The molecule has 1 aromatic heterocycles. The van der Waals surface area contributed by atoms with E-state index in [0.717, 1.165) is 13.0 Å². The summed E-state index contributed by atoms with van der Waals surface area (Å²) in [7, 11) is 0. The van der Waals surface area contributed by atoms with Crippen LogP contribution in [-0.2, 0) is 15.5 Å². The molecule has 1 heterocycles. The standard InChI is InChI=1S/C17H16F2N4O3/c1-10-3-4-14(21-11(2)24)13(9-10)17(18,19)16(26)23-22-15(25)12-5-7-20-8-6-12/h3-9H,1-2H3,(H,21,24)(H,22,25)(H,23,26). The van der Waals surface area contributed by atoms with Gasteiger partial charge in [-0.3, -0.25) is 30.2 Å². The van der Waals surface area contributed by atoms with E-state index in [-0.39, 0.29) is 11.3 Å². The van der Waals surface area contributed by atoms with Crippen molar-refractivity contribution in [1.82, 2.24) is 15.8 Å². The lowest BCUT2D eigenvalue weighted by Crippen LogP contribution is -2.48. The van der Waals surface area contributed by atoms with Gasteiger partial charge < -0.3 is 5.32 Å². The first-order valence-corrected chi connectivity index (χ1v) is 7.49. The molecule has 0 saturated carbocycles. The third-order valence-electron chi connectivity index (χ3n) is 3.34. The molecule has 0 unspecified atom stereocenters. The van der Waals surface area contributed by atoms with E-state index in [1.807, 2.05) is 5.43 Å². The maximum absolute atomic E-state index is 14.6. The van der Waals surface area contributed by atoms with Crippen molar-refractivity contribution >= 4 is 23.4 Å². The largest absolute Gasteiger partial charge is 0.353 e. The van der Waals surface area contributed by atoms with Crippen LogP contribution in [0.2, 0.25) is 0 Å². The zero-order valence-electron chi connectivity index (χ0n) is 14.0. The summed E-state index contributed by atoms with van der Waals surface area (Å²) in [4.78, 5) is 38.7. The summed E-state index contributed by atoms with van der Waals surface area (Å²) in [6, 6.07) is 6.61. The maximum Gasteiger partial charge on any atom is 0.353 e. The predicted octanol–water partition coefficient (Wildman–Crippen LogP) is 1.90. The molecule has 0 atom stereocenters. The van der Waals surface area contributed by atoms with Crippen LogP contribution in [0.4, 0.5) is 14.5 Å². The molecule has 0 aliphatic heterocycles. The van der Waals surface area contributed by atoms with Crippen molar-refractivity contribution in [2.24, 2.45) is 0 Å². The fraction of sp³-hybridized carbons (Fsp3) is 0.176. The summed E-state index contributed by atoms with van der Waals surface area (Å²) in [5.74, 6) is -7.06. The topological polar surface area (TPSA) is 100 Å². The third kappa shape index (κ3) is 4.38. The molecule has 2 rings (SSSR count). The predicted molar refractivity (Wildman–Crippen MR) is 89.2 cm³/mol. The van der Waals surface area contributed by atoms with E-state index in [0.29, 0.717) is 5.56 Å². The first kappa shape index (κ1) is 19.0. The lowest BCUT2D eigenvalue weighted by molar-refractivity contribution is -0.147. The number of benzene rings is 1. The number of hydrogen-bond acceptors (Lipinski definition) is 4. The van der Waals surface area contributed by atoms with Gasteiger partial charge in [0, 0.05) is 24.9 Å². The number of hydrazine groups is 1. The van der Waals surface area contributed by atoms with Crippen molar-refractivity contribution in [1.29, 1.82) is 0 Å². The van der Waals surface area contributed by atoms with Crippen molar-refractivity contribution in [2.75, 3.05) is 5.32 Å². The monoisotopic (exact) mass is 362 g/mol. The van der Waals surface area contributed by atoms with Crippen LogP contribution in [0.5, 0.6) is 0 Å². The van der Waals surface area contributed by atoms with Crippen molar-refractivity contribution in [2.45, 2.75) is 19.8 Å². The second kappa shape index (κ2) is 7.68. The summed E-state index contributed by atoms with van der Waals surface area (Å²) in [6.45, 7) is 2.73. The number of rotatable bonds is 4. The van der Waals surface area contributed by atoms with E-state index < -0.39 is 29.2 Å². The molecule has 0 saturated heterocycles. The summed E-state index contributed by atoms with van der Waals surface area (Å²) < 4.78 is 29.1. The Morgan fingerprint density at radius 3 is 2.31 bits per heavy atom.